The van der Waals surface area contributed by atoms with Crippen molar-refractivity contribution < 1.29 is 23.1 Å². The molecule has 33 heavy (non-hydrogen) atoms. The van der Waals surface area contributed by atoms with Crippen LogP contribution in [0.1, 0.15) is 66.9 Å². The standard InChI is InChI=1S/C25H26F3N3O2/c1-23(33,25(26,27)28)18-4-2-17(3-5-18)22(32)31(20-6-7-20)21-8-12-24(16-29,13-9-21)19-10-14-30-15-11-19/h2-5,10-11,14-15,20-21,33H,6-9,12-13H2,1H3/t21?,23-,24?/m0/s1. The van der Waals surface area contributed by atoms with E-state index in [1.165, 1.54) is 12.1 Å². The average Bonchev–Trinajstić information content (AvgIpc) is 3.65. The summed E-state index contributed by atoms with van der Waals surface area (Å²) >= 11 is 0. The quantitative estimate of drug-likeness (QED) is 0.696. The molecule has 2 aromatic rings. The maximum absolute atomic E-state index is 13.4. The molecule has 2 saturated carbocycles. The number of aromatic nitrogens is 1. The molecule has 2 aliphatic carbocycles. The number of nitrogens with zero attached hydrogens (tertiary/aromatic N) is 3. The highest BCUT2D eigenvalue weighted by Crippen LogP contribution is 2.43. The zero-order valence-corrected chi connectivity index (χ0v) is 18.3. The molecule has 0 bridgehead atoms. The van der Waals surface area contributed by atoms with Crippen molar-refractivity contribution in [1.29, 1.82) is 5.26 Å². The van der Waals surface area contributed by atoms with Crippen LogP contribution in [0.25, 0.3) is 0 Å². The lowest BCUT2D eigenvalue weighted by atomic mass is 9.69. The van der Waals surface area contributed by atoms with E-state index in [9.17, 15) is 28.3 Å². The molecule has 1 aromatic heterocycles. The fraction of sp³-hybridized carbons (Fsp3) is 0.480. The van der Waals surface area contributed by atoms with Gasteiger partial charge >= 0.3 is 6.18 Å². The molecular weight excluding hydrogens is 431 g/mol. The fourth-order valence-corrected chi connectivity index (χ4v) is 4.74. The second-order valence-electron chi connectivity index (χ2n) is 9.25. The lowest BCUT2D eigenvalue weighted by Gasteiger charge is -2.40. The minimum absolute atomic E-state index is 0.0220. The molecule has 1 amide bonds. The fourth-order valence-electron chi connectivity index (χ4n) is 4.74. The van der Waals surface area contributed by atoms with Crippen molar-refractivity contribution >= 4 is 5.91 Å². The smallest absolute Gasteiger partial charge is 0.376 e. The number of hydrogen-bond donors (Lipinski definition) is 1. The zero-order chi connectivity index (χ0) is 23.9. The van der Waals surface area contributed by atoms with E-state index in [0.29, 0.717) is 38.2 Å². The van der Waals surface area contributed by atoms with E-state index in [0.717, 1.165) is 30.5 Å². The largest absolute Gasteiger partial charge is 0.421 e. The number of hydrogen-bond acceptors (Lipinski definition) is 4. The van der Waals surface area contributed by atoms with Gasteiger partial charge in [0.25, 0.3) is 5.91 Å². The Labute approximate surface area is 190 Å². The maximum Gasteiger partial charge on any atom is 0.421 e. The zero-order valence-electron chi connectivity index (χ0n) is 18.3. The van der Waals surface area contributed by atoms with E-state index in [4.69, 9.17) is 0 Å². The van der Waals surface area contributed by atoms with Gasteiger partial charge in [-0.25, -0.2) is 0 Å². The highest BCUT2D eigenvalue weighted by Gasteiger charge is 2.51. The molecule has 2 fully saturated rings. The number of nitriles is 1. The first-order valence-electron chi connectivity index (χ1n) is 11.1. The lowest BCUT2D eigenvalue weighted by Crippen LogP contribution is -2.46. The molecule has 0 saturated heterocycles. The van der Waals surface area contributed by atoms with Crippen molar-refractivity contribution in [2.24, 2.45) is 0 Å². The summed E-state index contributed by atoms with van der Waals surface area (Å²) in [5.41, 5.74) is -2.65. The van der Waals surface area contributed by atoms with E-state index in [1.54, 1.807) is 12.4 Å². The lowest BCUT2D eigenvalue weighted by molar-refractivity contribution is -0.258. The first kappa shape index (κ1) is 23.2. The molecule has 8 heteroatoms. The molecule has 4 rings (SSSR count). The number of carbonyl (C=O) groups excluding carboxylic acids is 1. The van der Waals surface area contributed by atoms with Crippen LogP contribution >= 0.6 is 0 Å². The summed E-state index contributed by atoms with van der Waals surface area (Å²) in [5, 5.41) is 19.8. The molecule has 1 N–H and O–H groups in total. The third-order valence-electron chi connectivity index (χ3n) is 7.07. The van der Waals surface area contributed by atoms with Crippen molar-refractivity contribution in [1.82, 2.24) is 9.88 Å². The van der Waals surface area contributed by atoms with Crippen LogP contribution < -0.4 is 0 Å². The van der Waals surface area contributed by atoms with Gasteiger partial charge in [0.05, 0.1) is 11.5 Å². The monoisotopic (exact) mass is 457 g/mol. The second-order valence-corrected chi connectivity index (χ2v) is 9.25. The summed E-state index contributed by atoms with van der Waals surface area (Å²) in [6.45, 7) is 0.701. The highest BCUT2D eigenvalue weighted by atomic mass is 19.4. The Morgan fingerprint density at radius 3 is 2.09 bits per heavy atom. The van der Waals surface area contributed by atoms with E-state index >= 15 is 0 Å². The van der Waals surface area contributed by atoms with Crippen LogP contribution in [0.2, 0.25) is 0 Å². The molecule has 174 valence electrons. The molecule has 0 radical (unpaired) electrons. The van der Waals surface area contributed by atoms with Crippen molar-refractivity contribution in [3.8, 4) is 6.07 Å². The topological polar surface area (TPSA) is 77.2 Å². The summed E-state index contributed by atoms with van der Waals surface area (Å²) in [7, 11) is 0. The molecule has 0 spiro atoms. The minimum atomic E-state index is -4.82. The number of benzene rings is 1. The summed E-state index contributed by atoms with van der Waals surface area (Å²) in [6.07, 6.45) is 2.96. The Hall–Kier alpha value is -2.92. The van der Waals surface area contributed by atoms with Crippen molar-refractivity contribution in [3.63, 3.8) is 0 Å². The Kier molecular flexibility index (Phi) is 5.95. The predicted molar refractivity (Wildman–Crippen MR) is 115 cm³/mol. The van der Waals surface area contributed by atoms with Gasteiger partial charge in [-0.05, 0) is 80.8 Å². The molecule has 0 aliphatic heterocycles. The van der Waals surface area contributed by atoms with Crippen LogP contribution in [0.4, 0.5) is 13.2 Å². The number of alkyl halides is 3. The third kappa shape index (κ3) is 4.34. The maximum atomic E-state index is 13.4. The Morgan fingerprint density at radius 1 is 1.06 bits per heavy atom. The Bertz CT molecular complexity index is 1030. The van der Waals surface area contributed by atoms with Gasteiger partial charge < -0.3 is 10.0 Å². The third-order valence-corrected chi connectivity index (χ3v) is 7.07. The van der Waals surface area contributed by atoms with Gasteiger partial charge in [0, 0.05) is 30.0 Å². The van der Waals surface area contributed by atoms with Gasteiger partial charge in [-0.3, -0.25) is 9.78 Å². The van der Waals surface area contributed by atoms with Crippen LogP contribution in [0.5, 0.6) is 0 Å². The van der Waals surface area contributed by atoms with Gasteiger partial charge in [-0.2, -0.15) is 18.4 Å². The van der Waals surface area contributed by atoms with E-state index in [-0.39, 0.29) is 23.6 Å². The first-order chi connectivity index (χ1) is 15.6. The SMILES string of the molecule is C[C@](O)(c1ccc(C(=O)N(C2CC2)C2CCC(C#N)(c3ccncc3)CC2)cc1)C(F)(F)F. The number of aliphatic hydroxyl groups is 1. The van der Waals surface area contributed by atoms with Crippen molar-refractivity contribution in [2.75, 3.05) is 0 Å². The number of halogens is 3. The van der Waals surface area contributed by atoms with Gasteiger partial charge in [0.2, 0.25) is 0 Å². The molecule has 1 atom stereocenters. The molecule has 1 heterocycles. The van der Waals surface area contributed by atoms with Gasteiger partial charge in [0.15, 0.2) is 5.60 Å². The van der Waals surface area contributed by atoms with E-state index in [1.807, 2.05) is 17.0 Å². The van der Waals surface area contributed by atoms with E-state index < -0.39 is 17.2 Å². The molecular formula is C25H26F3N3O2. The molecule has 0 unspecified atom stereocenters. The second kappa shape index (κ2) is 8.45. The molecule has 1 aromatic carbocycles. The summed E-state index contributed by atoms with van der Waals surface area (Å²) < 4.78 is 39.4. The highest BCUT2D eigenvalue weighted by molar-refractivity contribution is 5.95. The number of carbonyl (C=O) groups is 1. The Morgan fingerprint density at radius 2 is 1.61 bits per heavy atom. The van der Waals surface area contributed by atoms with Crippen LogP contribution in [0.15, 0.2) is 48.8 Å². The number of amides is 1. The normalized spacial score (nSPS) is 25.0. The minimum Gasteiger partial charge on any atom is -0.376 e. The first-order valence-corrected chi connectivity index (χ1v) is 11.1. The average molecular weight is 457 g/mol. The van der Waals surface area contributed by atoms with Gasteiger partial charge in [-0.1, -0.05) is 12.1 Å². The van der Waals surface area contributed by atoms with Gasteiger partial charge in [0.1, 0.15) is 0 Å². The predicted octanol–water partition coefficient (Wildman–Crippen LogP) is 4.86. The van der Waals surface area contributed by atoms with Crippen molar-refractivity contribution in [2.45, 2.75) is 74.7 Å². The molecule has 2 aliphatic rings. The van der Waals surface area contributed by atoms with Gasteiger partial charge in [-0.15, -0.1) is 0 Å². The number of pyridine rings is 1. The summed E-state index contributed by atoms with van der Waals surface area (Å²) in [6, 6.07) is 11.4. The van der Waals surface area contributed by atoms with Crippen LogP contribution in [-0.2, 0) is 11.0 Å². The van der Waals surface area contributed by atoms with Crippen molar-refractivity contribution in [3.05, 3.63) is 65.5 Å². The summed E-state index contributed by atoms with van der Waals surface area (Å²) in [5.74, 6) is -0.214. The number of rotatable bonds is 5. The van der Waals surface area contributed by atoms with E-state index in [2.05, 4.69) is 11.1 Å². The Balaban J connectivity index is 1.51. The molecule has 5 nitrogen and oxygen atoms in total. The van der Waals surface area contributed by atoms with Crippen LogP contribution in [0, 0.1) is 11.3 Å². The summed E-state index contributed by atoms with van der Waals surface area (Å²) in [4.78, 5) is 19.2. The van der Waals surface area contributed by atoms with Crippen LogP contribution in [-0.4, -0.2) is 39.2 Å². The van der Waals surface area contributed by atoms with Crippen LogP contribution in [0.3, 0.4) is 0 Å².